The lowest BCUT2D eigenvalue weighted by Crippen LogP contribution is -2.43. The van der Waals surface area contributed by atoms with E-state index in [0.29, 0.717) is 22.3 Å². The molecule has 3 rings (SSSR count). The molecule has 1 heterocycles. The molecule has 4 N–H and O–H groups in total. The number of nitrogens with one attached hydrogen (secondary N) is 1. The summed E-state index contributed by atoms with van der Waals surface area (Å²) in [7, 11) is 3.18. The highest BCUT2D eigenvalue weighted by atomic mass is 19.1. The van der Waals surface area contributed by atoms with E-state index < -0.39 is 36.2 Å². The average Bonchev–Trinajstić information content (AvgIpc) is 3.23. The van der Waals surface area contributed by atoms with Crippen molar-refractivity contribution in [1.29, 1.82) is 0 Å². The van der Waals surface area contributed by atoms with Gasteiger partial charge in [0.25, 0.3) is 0 Å². The lowest BCUT2D eigenvalue weighted by Gasteiger charge is -2.26. The lowest BCUT2D eigenvalue weighted by atomic mass is 9.91. The fraction of sp³-hybridized carbons (Fsp3) is 0.308. The molecule has 2 aromatic carbocycles. The molecule has 0 bridgehead atoms. The van der Waals surface area contributed by atoms with E-state index in [2.05, 4.69) is 10.6 Å². The highest BCUT2D eigenvalue weighted by Gasteiger charge is 2.29. The van der Waals surface area contributed by atoms with E-state index in [9.17, 15) is 23.8 Å². The van der Waals surface area contributed by atoms with Gasteiger partial charge in [-0.15, -0.1) is 10.3 Å². The van der Waals surface area contributed by atoms with Gasteiger partial charge in [0.15, 0.2) is 0 Å². The monoisotopic (exact) mass is 532 g/mol. The number of aliphatic hydroxyl groups excluding tert-OH is 2. The van der Waals surface area contributed by atoms with E-state index in [0.717, 1.165) is 0 Å². The van der Waals surface area contributed by atoms with Gasteiger partial charge < -0.3 is 20.1 Å². The summed E-state index contributed by atoms with van der Waals surface area (Å²) in [6.45, 7) is 0.459. The summed E-state index contributed by atoms with van der Waals surface area (Å²) in [6.07, 6.45) is -0.311. The number of carboxylic acids is 1. The van der Waals surface area contributed by atoms with Crippen molar-refractivity contribution < 1.29 is 38.5 Å². The largest absolute Gasteiger partial charge is 0.481 e. The Kier molecular flexibility index (Phi) is 10.4. The zero-order valence-electron chi connectivity index (χ0n) is 20.9. The topological polar surface area (TPSA) is 127 Å². The molecule has 0 amide bonds. The van der Waals surface area contributed by atoms with Crippen LogP contribution in [0.1, 0.15) is 24.0 Å². The summed E-state index contributed by atoms with van der Waals surface area (Å²) in [5.41, 5.74) is 4.80. The van der Waals surface area contributed by atoms with Crippen LogP contribution in [0.2, 0.25) is 0 Å². The predicted molar refractivity (Wildman–Crippen MR) is 135 cm³/mol. The van der Waals surface area contributed by atoms with Crippen LogP contribution in [-0.4, -0.2) is 77.0 Å². The van der Waals surface area contributed by atoms with Gasteiger partial charge in [-0.05, 0) is 35.4 Å². The Morgan fingerprint density at radius 3 is 2.16 bits per heavy atom. The number of hydrazine groups is 2. The normalized spacial score (nSPS) is 15.3. The number of nitrogens with zero attached hydrogens (tertiary/aromatic N) is 3. The Bertz CT molecular complexity index is 1120. The summed E-state index contributed by atoms with van der Waals surface area (Å²) < 4.78 is 32.7. The third-order valence-corrected chi connectivity index (χ3v) is 5.44. The second-order valence-corrected chi connectivity index (χ2v) is 8.37. The molecule has 10 nitrogen and oxygen atoms in total. The van der Waals surface area contributed by atoms with Crippen molar-refractivity contribution in [1.82, 2.24) is 15.8 Å². The average molecular weight is 533 g/mol. The van der Waals surface area contributed by atoms with Crippen molar-refractivity contribution in [2.24, 2.45) is 5.10 Å². The van der Waals surface area contributed by atoms with Crippen molar-refractivity contribution in [3.8, 4) is 0 Å². The summed E-state index contributed by atoms with van der Waals surface area (Å²) in [6, 6.07) is 11.3. The highest BCUT2D eigenvalue weighted by molar-refractivity contribution is 6.09. The fourth-order valence-corrected chi connectivity index (χ4v) is 3.69. The Morgan fingerprint density at radius 1 is 1.05 bits per heavy atom. The van der Waals surface area contributed by atoms with Crippen LogP contribution in [-0.2, 0) is 14.4 Å². The van der Waals surface area contributed by atoms with Crippen molar-refractivity contribution >= 4 is 17.4 Å². The molecule has 38 heavy (non-hydrogen) atoms. The minimum absolute atomic E-state index is 0.172. The molecule has 0 saturated heterocycles. The fourth-order valence-electron chi connectivity index (χ4n) is 3.69. The first-order valence-corrected chi connectivity index (χ1v) is 11.7. The van der Waals surface area contributed by atoms with E-state index in [1.165, 1.54) is 53.8 Å². The standard InChI is InChI=1S/C26H30F2N4O6/c1-31-30-29-26(32(31)38-14-13-37-2)23(12-11-21(33)15-22(34)16-24(35)36)25(17-3-7-19(27)8-4-17)18-5-9-20(28)10-6-18/h3-12,21-22,30,33-34H,13-16H2,1-2H3,(H,35,36). The number of amidine groups is 1. The van der Waals surface area contributed by atoms with Crippen LogP contribution in [0.15, 0.2) is 71.4 Å². The third kappa shape index (κ3) is 7.91. The summed E-state index contributed by atoms with van der Waals surface area (Å²) in [5.74, 6) is -1.84. The Morgan fingerprint density at radius 2 is 1.63 bits per heavy atom. The molecule has 12 heteroatoms. The van der Waals surface area contributed by atoms with Gasteiger partial charge in [-0.3, -0.25) is 9.63 Å². The number of carbonyl (C=O) groups is 1. The van der Waals surface area contributed by atoms with Crippen molar-refractivity contribution in [2.45, 2.75) is 25.0 Å². The molecule has 2 aromatic rings. The van der Waals surface area contributed by atoms with Gasteiger partial charge >= 0.3 is 5.97 Å². The van der Waals surface area contributed by atoms with Crippen molar-refractivity contribution in [3.63, 3.8) is 0 Å². The van der Waals surface area contributed by atoms with E-state index in [1.807, 2.05) is 0 Å². The van der Waals surface area contributed by atoms with Gasteiger partial charge in [-0.1, -0.05) is 41.5 Å². The smallest absolute Gasteiger partial charge is 0.305 e. The minimum atomic E-state index is -1.27. The molecular weight excluding hydrogens is 502 g/mol. The second-order valence-electron chi connectivity index (χ2n) is 8.37. The zero-order chi connectivity index (χ0) is 27.7. The molecule has 0 saturated carbocycles. The Labute approximate surface area is 218 Å². The van der Waals surface area contributed by atoms with Crippen LogP contribution in [0.5, 0.6) is 0 Å². The third-order valence-electron chi connectivity index (χ3n) is 5.44. The number of methoxy groups -OCH3 is 1. The highest BCUT2D eigenvalue weighted by Crippen LogP contribution is 2.31. The van der Waals surface area contributed by atoms with Gasteiger partial charge in [0, 0.05) is 31.7 Å². The van der Waals surface area contributed by atoms with E-state index in [-0.39, 0.29) is 25.5 Å². The number of aliphatic carboxylic acids is 1. The lowest BCUT2D eigenvalue weighted by molar-refractivity contribution is -0.231. The molecule has 2 atom stereocenters. The maximum Gasteiger partial charge on any atom is 0.305 e. The molecule has 0 aromatic heterocycles. The predicted octanol–water partition coefficient (Wildman–Crippen LogP) is 2.47. The molecule has 0 fully saturated rings. The summed E-state index contributed by atoms with van der Waals surface area (Å²) in [5, 5.41) is 36.5. The van der Waals surface area contributed by atoms with Crippen LogP contribution in [0.3, 0.4) is 0 Å². The van der Waals surface area contributed by atoms with Crippen LogP contribution in [0, 0.1) is 11.6 Å². The molecule has 1 aliphatic rings. The van der Waals surface area contributed by atoms with Crippen LogP contribution in [0.25, 0.3) is 5.57 Å². The molecular formula is C26H30F2N4O6. The first-order valence-electron chi connectivity index (χ1n) is 11.7. The number of hydroxylamine groups is 1. The second kappa shape index (κ2) is 13.7. The summed E-state index contributed by atoms with van der Waals surface area (Å²) >= 11 is 0. The number of halogens is 2. The van der Waals surface area contributed by atoms with Gasteiger partial charge in [-0.2, -0.15) is 0 Å². The molecule has 0 radical (unpaired) electrons. The van der Waals surface area contributed by atoms with Crippen LogP contribution in [0.4, 0.5) is 8.78 Å². The number of carboxylic acid groups (broad SMARTS) is 1. The first kappa shape index (κ1) is 28.9. The van der Waals surface area contributed by atoms with Gasteiger partial charge in [0.1, 0.15) is 18.2 Å². The molecule has 1 aliphatic heterocycles. The molecule has 204 valence electrons. The number of hydrazone groups is 1. The van der Waals surface area contributed by atoms with Gasteiger partial charge in [-0.25, -0.2) is 14.3 Å². The maximum absolute atomic E-state index is 13.8. The Balaban J connectivity index is 2.14. The number of rotatable bonds is 13. The SMILES string of the molecule is COCCON1C(C(C=CC(O)CC(O)CC(=O)O)=C(c2ccc(F)cc2)c2ccc(F)cc2)=NNN1C. The van der Waals surface area contributed by atoms with Crippen molar-refractivity contribution in [3.05, 3.63) is 89.0 Å². The zero-order valence-corrected chi connectivity index (χ0v) is 20.9. The molecule has 2 unspecified atom stereocenters. The molecule has 0 aliphatic carbocycles. The van der Waals surface area contributed by atoms with Crippen LogP contribution >= 0.6 is 0 Å². The molecule has 0 spiro atoms. The van der Waals surface area contributed by atoms with Gasteiger partial charge in [0.2, 0.25) is 5.84 Å². The van der Waals surface area contributed by atoms with E-state index >= 15 is 0 Å². The number of aliphatic hydroxyl groups is 2. The quantitative estimate of drug-likeness (QED) is 0.227. The van der Waals surface area contributed by atoms with Gasteiger partial charge in [0.05, 0.1) is 25.2 Å². The van der Waals surface area contributed by atoms with E-state index in [1.54, 1.807) is 31.3 Å². The maximum atomic E-state index is 13.8. The van der Waals surface area contributed by atoms with Crippen LogP contribution < -0.4 is 5.53 Å². The minimum Gasteiger partial charge on any atom is -0.481 e. The van der Waals surface area contributed by atoms with E-state index in [4.69, 9.17) is 14.7 Å². The first-order chi connectivity index (χ1) is 18.2. The Hall–Kier alpha value is -3.68. The number of benzene rings is 2. The van der Waals surface area contributed by atoms with Crippen molar-refractivity contribution in [2.75, 3.05) is 27.4 Å². The number of hydrogen-bond acceptors (Lipinski definition) is 9. The number of ether oxygens (including phenoxy) is 1. The summed E-state index contributed by atoms with van der Waals surface area (Å²) in [4.78, 5) is 16.7. The number of hydrogen-bond donors (Lipinski definition) is 4.